The van der Waals surface area contributed by atoms with Gasteiger partial charge < -0.3 is 10.5 Å². The van der Waals surface area contributed by atoms with Crippen molar-refractivity contribution in [2.24, 2.45) is 5.73 Å². The summed E-state index contributed by atoms with van der Waals surface area (Å²) in [7, 11) is 0. The molecule has 15 heavy (non-hydrogen) atoms. The Labute approximate surface area is 90.2 Å². The predicted octanol–water partition coefficient (Wildman–Crippen LogP) is 2.83. The number of halogens is 1. The van der Waals surface area contributed by atoms with Gasteiger partial charge in [0.25, 0.3) is 0 Å². The van der Waals surface area contributed by atoms with E-state index in [1.54, 1.807) is 0 Å². The lowest BCUT2D eigenvalue weighted by molar-refractivity contribution is 0.285. The van der Waals surface area contributed by atoms with Crippen molar-refractivity contribution in [3.05, 3.63) is 29.8 Å². The Hall–Kier alpha value is -1.09. The number of nitrogens with two attached hydrogens (primary N) is 1. The zero-order valence-corrected chi connectivity index (χ0v) is 9.08. The number of para-hydroxylation sites is 1. The summed E-state index contributed by atoms with van der Waals surface area (Å²) in [6.45, 7) is 2.09. The summed E-state index contributed by atoms with van der Waals surface area (Å²) in [5.41, 5.74) is 6.94. The molecule has 0 aromatic heterocycles. The summed E-state index contributed by atoms with van der Waals surface area (Å²) in [6.07, 6.45) is 1.29. The largest absolute Gasteiger partial charge is 0.493 e. The summed E-state index contributed by atoms with van der Waals surface area (Å²) in [5, 5.41) is 0. The van der Waals surface area contributed by atoms with Crippen LogP contribution in [-0.2, 0) is 0 Å². The minimum Gasteiger partial charge on any atom is -0.493 e. The minimum absolute atomic E-state index is 0.00780. The highest BCUT2D eigenvalue weighted by atomic mass is 19.1. The topological polar surface area (TPSA) is 35.2 Å². The zero-order valence-electron chi connectivity index (χ0n) is 9.08. The fraction of sp³-hybridized carbons (Fsp3) is 0.500. The Morgan fingerprint density at radius 1 is 1.40 bits per heavy atom. The fourth-order valence-electron chi connectivity index (χ4n) is 1.37. The number of hydrogen-bond donors (Lipinski definition) is 1. The second-order valence-corrected chi connectivity index (χ2v) is 3.44. The van der Waals surface area contributed by atoms with Gasteiger partial charge in [-0.2, -0.15) is 0 Å². The van der Waals surface area contributed by atoms with Gasteiger partial charge in [0.2, 0.25) is 0 Å². The molecule has 0 spiro atoms. The molecular formula is C12H18FNO. The molecule has 84 valence electrons. The van der Waals surface area contributed by atoms with E-state index in [4.69, 9.17) is 10.5 Å². The van der Waals surface area contributed by atoms with Gasteiger partial charge in [0.1, 0.15) is 5.75 Å². The normalized spacial score (nSPS) is 12.5. The molecule has 2 N–H and O–H groups in total. The van der Waals surface area contributed by atoms with Gasteiger partial charge in [-0.3, -0.25) is 4.39 Å². The molecule has 0 aliphatic heterocycles. The Bertz CT molecular complexity index is 291. The Morgan fingerprint density at radius 2 is 2.13 bits per heavy atom. The lowest BCUT2D eigenvalue weighted by Gasteiger charge is -2.15. The molecule has 2 nitrogen and oxygen atoms in total. The molecule has 0 unspecified atom stereocenters. The molecule has 1 aromatic carbocycles. The summed E-state index contributed by atoms with van der Waals surface area (Å²) in [5.74, 6) is 0.778. The fourth-order valence-corrected chi connectivity index (χ4v) is 1.37. The van der Waals surface area contributed by atoms with Gasteiger partial charge in [-0.15, -0.1) is 0 Å². The quantitative estimate of drug-likeness (QED) is 0.734. The first-order valence-corrected chi connectivity index (χ1v) is 5.32. The van der Waals surface area contributed by atoms with Crippen molar-refractivity contribution in [2.75, 3.05) is 13.3 Å². The maximum absolute atomic E-state index is 11.9. The van der Waals surface area contributed by atoms with Crippen molar-refractivity contribution < 1.29 is 9.13 Å². The average Bonchev–Trinajstić information content (AvgIpc) is 2.29. The summed E-state index contributed by atoms with van der Waals surface area (Å²) in [6, 6.07) is 7.66. The lowest BCUT2D eigenvalue weighted by atomic mass is 10.0. The van der Waals surface area contributed by atoms with Gasteiger partial charge in [-0.05, 0) is 12.5 Å². The van der Waals surface area contributed by atoms with E-state index in [9.17, 15) is 4.39 Å². The molecular weight excluding hydrogens is 193 g/mol. The van der Waals surface area contributed by atoms with Crippen LogP contribution in [-0.4, -0.2) is 13.3 Å². The van der Waals surface area contributed by atoms with Crippen LogP contribution in [0.1, 0.15) is 31.4 Å². The molecule has 0 aliphatic carbocycles. The van der Waals surface area contributed by atoms with E-state index in [1.165, 1.54) is 0 Å². The smallest absolute Gasteiger partial charge is 0.124 e. The highest BCUT2D eigenvalue weighted by Gasteiger charge is 2.09. The van der Waals surface area contributed by atoms with E-state index in [0.717, 1.165) is 17.7 Å². The summed E-state index contributed by atoms with van der Waals surface area (Å²) >= 11 is 0. The van der Waals surface area contributed by atoms with E-state index in [-0.39, 0.29) is 12.7 Å². The highest BCUT2D eigenvalue weighted by Crippen LogP contribution is 2.25. The highest BCUT2D eigenvalue weighted by molar-refractivity contribution is 5.35. The predicted molar refractivity (Wildman–Crippen MR) is 59.7 cm³/mol. The van der Waals surface area contributed by atoms with Crippen LogP contribution in [0, 0.1) is 0 Å². The first kappa shape index (κ1) is 12.0. The molecule has 1 aromatic rings. The second kappa shape index (κ2) is 6.40. The van der Waals surface area contributed by atoms with Crippen LogP contribution in [0.2, 0.25) is 0 Å². The van der Waals surface area contributed by atoms with Gasteiger partial charge in [-0.1, -0.05) is 25.1 Å². The SMILES string of the molecule is CC[C@H](N)c1ccccc1OCCCF. The third-order valence-corrected chi connectivity index (χ3v) is 2.29. The molecule has 3 heteroatoms. The third-order valence-electron chi connectivity index (χ3n) is 2.29. The molecule has 0 saturated carbocycles. The van der Waals surface area contributed by atoms with Crippen LogP contribution >= 0.6 is 0 Å². The van der Waals surface area contributed by atoms with E-state index in [1.807, 2.05) is 31.2 Å². The van der Waals surface area contributed by atoms with E-state index in [2.05, 4.69) is 0 Å². The number of alkyl halides is 1. The van der Waals surface area contributed by atoms with Crippen LogP contribution in [0.4, 0.5) is 4.39 Å². The molecule has 0 aliphatic rings. The number of hydrogen-bond acceptors (Lipinski definition) is 2. The van der Waals surface area contributed by atoms with Crippen molar-refractivity contribution in [2.45, 2.75) is 25.8 Å². The van der Waals surface area contributed by atoms with Crippen LogP contribution < -0.4 is 10.5 Å². The van der Waals surface area contributed by atoms with Crippen LogP contribution in [0.3, 0.4) is 0 Å². The molecule has 1 rings (SSSR count). The molecule has 0 saturated heterocycles. The van der Waals surface area contributed by atoms with Crippen LogP contribution in [0.5, 0.6) is 5.75 Å². The monoisotopic (exact) mass is 211 g/mol. The summed E-state index contributed by atoms with van der Waals surface area (Å²) in [4.78, 5) is 0. The standard InChI is InChI=1S/C12H18FNO/c1-2-11(14)10-6-3-4-7-12(10)15-9-5-8-13/h3-4,6-7,11H,2,5,8-9,14H2,1H3/t11-/m0/s1. The molecule has 1 atom stereocenters. The van der Waals surface area contributed by atoms with Gasteiger partial charge in [0, 0.05) is 18.0 Å². The molecule has 0 heterocycles. The number of ether oxygens (including phenoxy) is 1. The molecule has 0 bridgehead atoms. The van der Waals surface area contributed by atoms with Gasteiger partial charge in [0.15, 0.2) is 0 Å². The van der Waals surface area contributed by atoms with Crippen molar-refractivity contribution in [3.8, 4) is 5.75 Å². The molecule has 0 amide bonds. The van der Waals surface area contributed by atoms with Crippen molar-refractivity contribution >= 4 is 0 Å². The average molecular weight is 211 g/mol. The summed E-state index contributed by atoms with van der Waals surface area (Å²) < 4.78 is 17.4. The van der Waals surface area contributed by atoms with E-state index >= 15 is 0 Å². The first-order valence-electron chi connectivity index (χ1n) is 5.32. The molecule has 0 fully saturated rings. The second-order valence-electron chi connectivity index (χ2n) is 3.44. The Balaban J connectivity index is 2.68. The first-order chi connectivity index (χ1) is 7.29. The maximum Gasteiger partial charge on any atom is 0.124 e. The van der Waals surface area contributed by atoms with Gasteiger partial charge in [0.05, 0.1) is 13.3 Å². The van der Waals surface area contributed by atoms with Crippen molar-refractivity contribution in [1.29, 1.82) is 0 Å². The lowest BCUT2D eigenvalue weighted by Crippen LogP contribution is -2.11. The van der Waals surface area contributed by atoms with Gasteiger partial charge in [-0.25, -0.2) is 0 Å². The Kier molecular flexibility index (Phi) is 5.12. The van der Waals surface area contributed by atoms with E-state index in [0.29, 0.717) is 13.0 Å². The van der Waals surface area contributed by atoms with Crippen molar-refractivity contribution in [3.63, 3.8) is 0 Å². The van der Waals surface area contributed by atoms with Crippen molar-refractivity contribution in [1.82, 2.24) is 0 Å². The van der Waals surface area contributed by atoms with E-state index < -0.39 is 0 Å². The van der Waals surface area contributed by atoms with Crippen LogP contribution in [0.15, 0.2) is 24.3 Å². The Morgan fingerprint density at radius 3 is 2.80 bits per heavy atom. The number of rotatable bonds is 6. The zero-order chi connectivity index (χ0) is 11.1. The van der Waals surface area contributed by atoms with Crippen LogP contribution in [0.25, 0.3) is 0 Å². The minimum atomic E-state index is -0.345. The third kappa shape index (κ3) is 3.51. The number of benzene rings is 1. The van der Waals surface area contributed by atoms with Gasteiger partial charge >= 0.3 is 0 Å². The maximum atomic E-state index is 11.9. The molecule has 0 radical (unpaired) electrons.